The number of aliphatic imine (C=N–C) groups is 2. The van der Waals surface area contributed by atoms with E-state index in [1.165, 1.54) is 22.3 Å². The minimum absolute atomic E-state index is 0.000657. The molecule has 0 atom stereocenters. The van der Waals surface area contributed by atoms with Gasteiger partial charge in [-0.2, -0.15) is 0 Å². The highest BCUT2D eigenvalue weighted by Gasteiger charge is 2.37. The second-order valence-corrected chi connectivity index (χ2v) is 19.2. The van der Waals surface area contributed by atoms with Crippen molar-refractivity contribution >= 4 is 27.2 Å². The van der Waals surface area contributed by atoms with Crippen LogP contribution >= 0.6 is 0 Å². The molecule has 1 heterocycles. The third-order valence-electron chi connectivity index (χ3n) is 7.91. The van der Waals surface area contributed by atoms with Gasteiger partial charge in [-0.05, 0) is 61.3 Å². The van der Waals surface area contributed by atoms with Crippen LogP contribution < -0.4 is 7.58 Å². The molecule has 0 radical (unpaired) electrons. The predicted octanol–water partition coefficient (Wildman–Crippen LogP) is 9.72. The second kappa shape index (κ2) is 12.1. The van der Waals surface area contributed by atoms with Gasteiger partial charge >= 0.3 is 14.8 Å². The Morgan fingerprint density at radius 2 is 0.976 bits per heavy atom. The lowest BCUT2D eigenvalue weighted by atomic mass is 9.79. The first-order chi connectivity index (χ1) is 19.0. The third kappa shape index (κ3) is 8.51. The fourth-order valence-electron chi connectivity index (χ4n) is 5.02. The molecular weight excluding hydrogens is 531 g/mol. The molecule has 0 unspecified atom stereocenters. The van der Waals surface area contributed by atoms with Crippen LogP contribution in [0.15, 0.2) is 34.3 Å². The number of hydrogen-bond acceptors (Lipinski definition) is 4. The van der Waals surface area contributed by atoms with E-state index in [0.29, 0.717) is 13.1 Å². The Bertz CT molecular complexity index is 1230. The molecule has 0 spiro atoms. The molecule has 0 bridgehead atoms. The van der Waals surface area contributed by atoms with Gasteiger partial charge in [0.25, 0.3) is 0 Å². The van der Waals surface area contributed by atoms with Crippen molar-refractivity contribution in [2.24, 2.45) is 15.4 Å². The summed E-state index contributed by atoms with van der Waals surface area (Å²) in [5.41, 5.74) is 6.75. The van der Waals surface area contributed by atoms with Gasteiger partial charge in [0.05, 0.1) is 11.5 Å². The van der Waals surface area contributed by atoms with Gasteiger partial charge in [0.15, 0.2) is 0 Å². The topological polar surface area (TPSA) is 43.2 Å². The predicted molar refractivity (Wildman–Crippen MR) is 184 cm³/mol. The van der Waals surface area contributed by atoms with Crippen molar-refractivity contribution in [3.8, 4) is 11.5 Å². The van der Waals surface area contributed by atoms with Gasteiger partial charge in [-0.3, -0.25) is 9.98 Å². The largest absolute Gasteiger partial charge is 0.856 e. The first-order valence-corrected chi connectivity index (χ1v) is 17.5. The molecule has 0 fully saturated rings. The van der Waals surface area contributed by atoms with E-state index in [9.17, 15) is 0 Å². The molecule has 0 aromatic heterocycles. The highest BCUT2D eigenvalue weighted by Crippen LogP contribution is 2.41. The molecule has 230 valence electrons. The standard InChI is InChI=1S/C35H54N2O2.C2H5.Al/c1-31(2,3)25-15-23(29(38)27(17-25)33(7,8)9)19-36-21-35(13,14)22-37-20-24-16-26(32(4,5)6)18-28(30(24)39)34(10,11)12;1-2;/h15-20,38-39H,21-22H2,1-14H3;1H2,2H3;/q;;+2/p-2. The molecule has 0 aliphatic carbocycles. The third-order valence-corrected chi connectivity index (χ3v) is 9.58. The van der Waals surface area contributed by atoms with Crippen molar-refractivity contribution in [3.05, 3.63) is 57.6 Å². The Morgan fingerprint density at radius 1 is 0.619 bits per heavy atom. The molecule has 3 rings (SSSR count). The average Bonchev–Trinajstić information content (AvgIpc) is 2.81. The zero-order valence-electron chi connectivity index (χ0n) is 29.4. The van der Waals surface area contributed by atoms with E-state index in [1.54, 1.807) is 0 Å². The summed E-state index contributed by atoms with van der Waals surface area (Å²) < 4.78 is 14.1. The summed E-state index contributed by atoms with van der Waals surface area (Å²) in [5.74, 6) is 1.85. The van der Waals surface area contributed by atoms with Crippen LogP contribution in [0.2, 0.25) is 5.28 Å². The van der Waals surface area contributed by atoms with Crippen molar-refractivity contribution in [3.63, 3.8) is 0 Å². The second-order valence-electron chi connectivity index (χ2n) is 17.1. The summed E-state index contributed by atoms with van der Waals surface area (Å²) in [7, 11) is 0. The monoisotopic (exact) mass is 588 g/mol. The van der Waals surface area contributed by atoms with E-state index in [0.717, 1.165) is 27.9 Å². The van der Waals surface area contributed by atoms with Crippen LogP contribution in [0.3, 0.4) is 0 Å². The molecule has 0 N–H and O–H groups in total. The fourth-order valence-corrected chi connectivity index (χ4v) is 6.46. The van der Waals surface area contributed by atoms with E-state index in [1.807, 2.05) is 12.4 Å². The smallest absolute Gasteiger partial charge is 0.611 e. The molecule has 1 aliphatic heterocycles. The van der Waals surface area contributed by atoms with E-state index in [-0.39, 0.29) is 27.1 Å². The SMILES string of the molecule is C[CH2][Al]1[O]c2c(cc(C(C)(C)C)cc2C(C)(C)C)C=NCC(C)(C)CN=Cc2cc(C(C)(C)C)cc(C(C)(C)C)c2[O]1. The van der Waals surface area contributed by atoms with E-state index >= 15 is 0 Å². The average molecular weight is 589 g/mol. The Hall–Kier alpha value is -2.09. The Labute approximate surface area is 262 Å². The minimum atomic E-state index is -2.23. The molecule has 2 aromatic carbocycles. The minimum Gasteiger partial charge on any atom is -0.611 e. The summed E-state index contributed by atoms with van der Waals surface area (Å²) in [6.07, 6.45) is 4.06. The molecule has 1 aliphatic rings. The highest BCUT2D eigenvalue weighted by molar-refractivity contribution is 6.46. The van der Waals surface area contributed by atoms with Crippen molar-refractivity contribution in [1.82, 2.24) is 0 Å². The van der Waals surface area contributed by atoms with Gasteiger partial charge in [-0.15, -0.1) is 0 Å². The number of fused-ring (bicyclic) bond motifs is 2. The molecule has 0 saturated carbocycles. The molecule has 0 saturated heterocycles. The van der Waals surface area contributed by atoms with Crippen LogP contribution in [0, 0.1) is 5.41 Å². The Morgan fingerprint density at radius 3 is 1.26 bits per heavy atom. The van der Waals surface area contributed by atoms with Crippen LogP contribution in [-0.4, -0.2) is 40.3 Å². The molecule has 5 heteroatoms. The van der Waals surface area contributed by atoms with E-state index < -0.39 is 14.8 Å². The summed E-state index contributed by atoms with van der Waals surface area (Å²) in [6, 6.07) is 9.24. The fraction of sp³-hybridized carbons (Fsp3) is 0.622. The summed E-state index contributed by atoms with van der Waals surface area (Å²) in [6.45, 7) is 35.3. The Kier molecular flexibility index (Phi) is 9.93. The highest BCUT2D eigenvalue weighted by atomic mass is 27.2. The zero-order valence-corrected chi connectivity index (χ0v) is 30.5. The number of nitrogens with zero attached hydrogens (tertiary/aromatic N) is 2. The first kappa shape index (κ1) is 34.4. The van der Waals surface area contributed by atoms with E-state index in [4.69, 9.17) is 17.6 Å². The zero-order chi connectivity index (χ0) is 31.9. The number of hydrogen-bond donors (Lipinski definition) is 0. The lowest BCUT2D eigenvalue weighted by Crippen LogP contribution is -2.33. The van der Waals surface area contributed by atoms with Gasteiger partial charge < -0.3 is 7.58 Å². The molecule has 0 amide bonds. The van der Waals surface area contributed by atoms with Crippen molar-refractivity contribution in [2.45, 2.75) is 131 Å². The van der Waals surface area contributed by atoms with Crippen molar-refractivity contribution in [2.75, 3.05) is 13.1 Å². The normalized spacial score (nSPS) is 16.7. The maximum absolute atomic E-state index is 7.07. The number of rotatable bonds is 1. The van der Waals surface area contributed by atoms with Crippen LogP contribution in [0.1, 0.15) is 137 Å². The molecular formula is C37H57AlN2O2. The van der Waals surface area contributed by atoms with E-state index in [2.05, 4.69) is 128 Å². The first-order valence-electron chi connectivity index (χ1n) is 15.7. The lowest BCUT2D eigenvalue weighted by Gasteiger charge is -2.32. The maximum atomic E-state index is 7.07. The van der Waals surface area contributed by atoms with Crippen molar-refractivity contribution < 1.29 is 7.58 Å². The van der Waals surface area contributed by atoms with Gasteiger partial charge in [-0.25, -0.2) is 0 Å². The van der Waals surface area contributed by atoms with Gasteiger partial charge in [0.2, 0.25) is 0 Å². The summed E-state index contributed by atoms with van der Waals surface area (Å²) >= 11 is -2.23. The molecule has 42 heavy (non-hydrogen) atoms. The summed E-state index contributed by atoms with van der Waals surface area (Å²) in [5, 5.41) is 0.829. The molecule has 4 nitrogen and oxygen atoms in total. The van der Waals surface area contributed by atoms with Crippen LogP contribution in [0.25, 0.3) is 0 Å². The van der Waals surface area contributed by atoms with Crippen molar-refractivity contribution in [1.29, 1.82) is 0 Å². The van der Waals surface area contributed by atoms with Gasteiger partial charge in [0, 0.05) is 42.1 Å². The van der Waals surface area contributed by atoms with Crippen LogP contribution in [-0.2, 0) is 21.7 Å². The summed E-state index contributed by atoms with van der Waals surface area (Å²) in [4.78, 5) is 9.97. The Balaban J connectivity index is 2.35. The van der Waals surface area contributed by atoms with Gasteiger partial charge in [-0.1, -0.05) is 116 Å². The molecule has 2 aromatic rings. The quantitative estimate of drug-likeness (QED) is 0.311. The van der Waals surface area contributed by atoms with Crippen LogP contribution in [0.4, 0.5) is 0 Å². The number of benzene rings is 2. The maximum Gasteiger partial charge on any atom is 0.856 e. The lowest BCUT2D eigenvalue weighted by molar-refractivity contribution is 0.394. The van der Waals surface area contributed by atoms with Crippen LogP contribution in [0.5, 0.6) is 11.5 Å². The van der Waals surface area contributed by atoms with Gasteiger partial charge in [0.1, 0.15) is 0 Å².